The molecule has 5 heteroatoms. The van der Waals surface area contributed by atoms with Crippen molar-refractivity contribution in [2.24, 2.45) is 0 Å². The highest BCUT2D eigenvalue weighted by Gasteiger charge is 2.15. The van der Waals surface area contributed by atoms with E-state index in [1.165, 1.54) is 12.8 Å². The van der Waals surface area contributed by atoms with Gasteiger partial charge in [-0.15, -0.1) is 0 Å². The van der Waals surface area contributed by atoms with Crippen LogP contribution in [0, 0.1) is 13.8 Å². The molecule has 0 aliphatic carbocycles. The summed E-state index contributed by atoms with van der Waals surface area (Å²) in [5.41, 5.74) is 0.907. The summed E-state index contributed by atoms with van der Waals surface area (Å²) in [6.45, 7) is 5.53. The molecule has 1 aromatic rings. The van der Waals surface area contributed by atoms with Gasteiger partial charge in [-0.25, -0.2) is 9.97 Å². The molecule has 2 rings (SSSR count). The zero-order valence-corrected chi connectivity index (χ0v) is 11.0. The average Bonchev–Trinajstić information content (AvgIpc) is 2.78. The molecule has 1 saturated heterocycles. The summed E-state index contributed by atoms with van der Waals surface area (Å²) in [6.07, 6.45) is 3.77. The highest BCUT2D eigenvalue weighted by Crippen LogP contribution is 2.20. The average molecular weight is 256 g/mol. The van der Waals surface area contributed by atoms with Gasteiger partial charge in [0.05, 0.1) is 6.10 Å². The molecule has 2 heterocycles. The predicted octanol–water partition coefficient (Wildman–Crippen LogP) is 2.73. The molecule has 0 bridgehead atoms. The van der Waals surface area contributed by atoms with Gasteiger partial charge in [-0.3, -0.25) is 0 Å². The van der Waals surface area contributed by atoms with Crippen LogP contribution in [0.3, 0.4) is 0 Å². The minimum absolute atomic E-state index is 0.404. The van der Waals surface area contributed by atoms with Crippen LogP contribution in [0.25, 0.3) is 0 Å². The number of aromatic nitrogens is 2. The molecule has 0 spiro atoms. The predicted molar refractivity (Wildman–Crippen MR) is 68.6 cm³/mol. The smallest absolute Gasteiger partial charge is 0.137 e. The summed E-state index contributed by atoms with van der Waals surface area (Å²) in [6, 6.07) is 0. The maximum absolute atomic E-state index is 6.01. The zero-order valence-electron chi connectivity index (χ0n) is 10.3. The van der Waals surface area contributed by atoms with Crippen LogP contribution in [-0.2, 0) is 4.74 Å². The summed E-state index contributed by atoms with van der Waals surface area (Å²) in [7, 11) is 0. The Morgan fingerprint density at radius 1 is 1.41 bits per heavy atom. The Hall–Kier alpha value is -0.870. The van der Waals surface area contributed by atoms with Gasteiger partial charge in [-0.05, 0) is 33.1 Å². The van der Waals surface area contributed by atoms with E-state index >= 15 is 0 Å². The fraction of sp³-hybridized carbons (Fsp3) is 0.667. The van der Waals surface area contributed by atoms with Crippen LogP contribution in [0.5, 0.6) is 0 Å². The topological polar surface area (TPSA) is 47.0 Å². The van der Waals surface area contributed by atoms with Crippen molar-refractivity contribution in [3.8, 4) is 0 Å². The van der Waals surface area contributed by atoms with E-state index in [-0.39, 0.29) is 0 Å². The van der Waals surface area contributed by atoms with Crippen molar-refractivity contribution >= 4 is 17.4 Å². The monoisotopic (exact) mass is 255 g/mol. The molecule has 1 aliphatic rings. The van der Waals surface area contributed by atoms with E-state index < -0.39 is 0 Å². The van der Waals surface area contributed by atoms with E-state index in [4.69, 9.17) is 16.3 Å². The molecule has 94 valence electrons. The summed E-state index contributed by atoms with van der Waals surface area (Å²) in [5, 5.41) is 3.83. The van der Waals surface area contributed by atoms with Crippen LogP contribution in [0.15, 0.2) is 0 Å². The van der Waals surface area contributed by atoms with Crippen molar-refractivity contribution < 1.29 is 4.74 Å². The van der Waals surface area contributed by atoms with Crippen LogP contribution in [0.2, 0.25) is 5.15 Å². The normalized spacial score (nSPS) is 19.6. The Morgan fingerprint density at radius 3 is 2.94 bits per heavy atom. The van der Waals surface area contributed by atoms with Crippen molar-refractivity contribution in [1.29, 1.82) is 0 Å². The van der Waals surface area contributed by atoms with E-state index in [1.54, 1.807) is 0 Å². The fourth-order valence-electron chi connectivity index (χ4n) is 1.99. The second-order valence-corrected chi connectivity index (χ2v) is 4.74. The van der Waals surface area contributed by atoms with Gasteiger partial charge < -0.3 is 10.1 Å². The molecule has 1 N–H and O–H groups in total. The Morgan fingerprint density at radius 2 is 2.24 bits per heavy atom. The van der Waals surface area contributed by atoms with Gasteiger partial charge >= 0.3 is 0 Å². The first-order valence-corrected chi connectivity index (χ1v) is 6.41. The first-order valence-electron chi connectivity index (χ1n) is 6.03. The molecular weight excluding hydrogens is 238 g/mol. The number of nitrogens with zero attached hydrogens (tertiary/aromatic N) is 2. The lowest BCUT2D eigenvalue weighted by atomic mass is 10.2. The SMILES string of the molecule is Cc1nc(Cl)c(C)c(NCCC2CCCO2)n1. The van der Waals surface area contributed by atoms with E-state index in [2.05, 4.69) is 15.3 Å². The van der Waals surface area contributed by atoms with Crippen LogP contribution >= 0.6 is 11.6 Å². The molecular formula is C12H18ClN3O. The van der Waals surface area contributed by atoms with Crippen molar-refractivity contribution in [1.82, 2.24) is 9.97 Å². The second kappa shape index (κ2) is 5.65. The zero-order chi connectivity index (χ0) is 12.3. The number of hydrogen-bond donors (Lipinski definition) is 1. The number of anilines is 1. The van der Waals surface area contributed by atoms with E-state index in [9.17, 15) is 0 Å². The van der Waals surface area contributed by atoms with Crippen LogP contribution in [0.4, 0.5) is 5.82 Å². The van der Waals surface area contributed by atoms with E-state index in [0.717, 1.165) is 31.0 Å². The number of hydrogen-bond acceptors (Lipinski definition) is 4. The van der Waals surface area contributed by atoms with Crippen molar-refractivity contribution in [2.45, 2.75) is 39.2 Å². The van der Waals surface area contributed by atoms with Gasteiger partial charge in [0.25, 0.3) is 0 Å². The summed E-state index contributed by atoms with van der Waals surface area (Å²) >= 11 is 6.01. The van der Waals surface area contributed by atoms with Gasteiger partial charge in [0, 0.05) is 18.7 Å². The summed E-state index contributed by atoms with van der Waals surface area (Å²) in [5.74, 6) is 1.53. The van der Waals surface area contributed by atoms with Crippen LogP contribution < -0.4 is 5.32 Å². The lowest BCUT2D eigenvalue weighted by Crippen LogP contribution is -2.14. The van der Waals surface area contributed by atoms with Gasteiger partial charge in [0.2, 0.25) is 0 Å². The molecule has 1 aromatic heterocycles. The third kappa shape index (κ3) is 3.30. The van der Waals surface area contributed by atoms with Crippen molar-refractivity contribution in [3.63, 3.8) is 0 Å². The summed E-state index contributed by atoms with van der Waals surface area (Å²) < 4.78 is 5.57. The van der Waals surface area contributed by atoms with Gasteiger partial charge in [-0.1, -0.05) is 11.6 Å². The lowest BCUT2D eigenvalue weighted by Gasteiger charge is -2.12. The molecule has 0 aromatic carbocycles. The first-order chi connectivity index (χ1) is 8.16. The molecule has 1 atom stereocenters. The molecule has 4 nitrogen and oxygen atoms in total. The first kappa shape index (κ1) is 12.6. The van der Waals surface area contributed by atoms with Crippen molar-refractivity contribution in [2.75, 3.05) is 18.5 Å². The molecule has 0 amide bonds. The molecule has 0 radical (unpaired) electrons. The van der Waals surface area contributed by atoms with Gasteiger partial charge in [-0.2, -0.15) is 0 Å². The number of ether oxygens (including phenoxy) is 1. The number of aryl methyl sites for hydroxylation is 1. The minimum Gasteiger partial charge on any atom is -0.378 e. The highest BCUT2D eigenvalue weighted by molar-refractivity contribution is 6.30. The van der Waals surface area contributed by atoms with Gasteiger partial charge in [0.1, 0.15) is 16.8 Å². The number of nitrogens with one attached hydrogen (secondary N) is 1. The van der Waals surface area contributed by atoms with E-state index in [1.807, 2.05) is 13.8 Å². The fourth-order valence-corrected chi connectivity index (χ4v) is 2.20. The van der Waals surface area contributed by atoms with Crippen LogP contribution in [0.1, 0.15) is 30.7 Å². The second-order valence-electron chi connectivity index (χ2n) is 4.39. The van der Waals surface area contributed by atoms with E-state index in [0.29, 0.717) is 17.1 Å². The Labute approximate surface area is 107 Å². The Kier molecular flexibility index (Phi) is 4.18. The molecule has 1 unspecified atom stereocenters. The third-order valence-electron chi connectivity index (χ3n) is 2.98. The summed E-state index contributed by atoms with van der Waals surface area (Å²) in [4.78, 5) is 8.46. The molecule has 17 heavy (non-hydrogen) atoms. The lowest BCUT2D eigenvalue weighted by molar-refractivity contribution is 0.107. The van der Waals surface area contributed by atoms with Gasteiger partial charge in [0.15, 0.2) is 0 Å². The standard InChI is InChI=1S/C12H18ClN3O/c1-8-11(13)15-9(2)16-12(8)14-6-5-10-4-3-7-17-10/h10H,3-7H2,1-2H3,(H,14,15,16). The minimum atomic E-state index is 0.404. The maximum Gasteiger partial charge on any atom is 0.137 e. The quantitative estimate of drug-likeness (QED) is 0.841. The largest absolute Gasteiger partial charge is 0.378 e. The molecule has 0 saturated carbocycles. The molecule has 1 fully saturated rings. The number of rotatable bonds is 4. The maximum atomic E-state index is 6.01. The molecule has 1 aliphatic heterocycles. The Bertz CT molecular complexity index is 392. The number of halogens is 1. The highest BCUT2D eigenvalue weighted by atomic mass is 35.5. The van der Waals surface area contributed by atoms with Crippen molar-refractivity contribution in [3.05, 3.63) is 16.5 Å². The van der Waals surface area contributed by atoms with Crippen LogP contribution in [-0.4, -0.2) is 29.2 Å². The third-order valence-corrected chi connectivity index (χ3v) is 3.35. The Balaban J connectivity index is 1.89.